The van der Waals surface area contributed by atoms with Gasteiger partial charge in [-0.15, -0.1) is 0 Å². The Morgan fingerprint density at radius 3 is 2.52 bits per heavy atom. The summed E-state index contributed by atoms with van der Waals surface area (Å²) in [5.41, 5.74) is -1.69. The number of rotatable bonds is 5. The molecule has 0 bridgehead atoms. The molecular formula is C19H20F4N2O2. The molecule has 2 aromatic rings. The minimum atomic E-state index is -4.86. The number of hydrogen-bond donors (Lipinski definition) is 1. The van der Waals surface area contributed by atoms with Gasteiger partial charge in [0.25, 0.3) is 5.91 Å². The second-order valence-corrected chi connectivity index (χ2v) is 6.61. The Balaban J connectivity index is 1.74. The SMILES string of the molecule is Cc1ccc(C(CNC(=O)c2ccc(F)c(C(F)(F)F)c2)N2CCCC2)o1. The van der Waals surface area contributed by atoms with Crippen LogP contribution in [0.1, 0.15) is 46.3 Å². The molecule has 0 spiro atoms. The molecule has 1 aliphatic heterocycles. The van der Waals surface area contributed by atoms with E-state index in [2.05, 4.69) is 10.2 Å². The highest BCUT2D eigenvalue weighted by molar-refractivity contribution is 5.94. The van der Waals surface area contributed by atoms with Gasteiger partial charge in [-0.25, -0.2) is 4.39 Å². The average molecular weight is 384 g/mol. The molecule has 1 aromatic heterocycles. The molecule has 27 heavy (non-hydrogen) atoms. The summed E-state index contributed by atoms with van der Waals surface area (Å²) in [5, 5.41) is 2.65. The molecule has 2 heterocycles. The smallest absolute Gasteiger partial charge is 0.419 e. The number of nitrogens with one attached hydrogen (secondary N) is 1. The summed E-state index contributed by atoms with van der Waals surface area (Å²) in [6.07, 6.45) is -2.78. The number of hydrogen-bond acceptors (Lipinski definition) is 3. The van der Waals surface area contributed by atoms with Crippen LogP contribution in [0.4, 0.5) is 17.6 Å². The molecule has 1 saturated heterocycles. The maximum absolute atomic E-state index is 13.4. The zero-order valence-electron chi connectivity index (χ0n) is 14.8. The lowest BCUT2D eigenvalue weighted by Gasteiger charge is -2.26. The fraction of sp³-hybridized carbons (Fsp3) is 0.421. The van der Waals surface area contributed by atoms with Crippen molar-refractivity contribution < 1.29 is 26.8 Å². The van der Waals surface area contributed by atoms with E-state index in [1.165, 1.54) is 0 Å². The minimum absolute atomic E-state index is 0.185. The van der Waals surface area contributed by atoms with E-state index in [1.54, 1.807) is 0 Å². The Morgan fingerprint density at radius 1 is 1.22 bits per heavy atom. The topological polar surface area (TPSA) is 45.5 Å². The first-order valence-corrected chi connectivity index (χ1v) is 8.71. The van der Waals surface area contributed by atoms with Crippen LogP contribution >= 0.6 is 0 Å². The summed E-state index contributed by atoms with van der Waals surface area (Å²) in [4.78, 5) is 14.5. The number of halogens is 4. The number of likely N-dealkylation sites (tertiary alicyclic amines) is 1. The third kappa shape index (κ3) is 4.50. The van der Waals surface area contributed by atoms with Crippen molar-refractivity contribution in [2.45, 2.75) is 32.0 Å². The zero-order valence-corrected chi connectivity index (χ0v) is 14.8. The second kappa shape index (κ2) is 7.72. The van der Waals surface area contributed by atoms with Crippen LogP contribution in [0.2, 0.25) is 0 Å². The summed E-state index contributed by atoms with van der Waals surface area (Å²) in [6.45, 7) is 3.72. The zero-order chi connectivity index (χ0) is 19.6. The quantitative estimate of drug-likeness (QED) is 0.782. The molecule has 1 fully saturated rings. The highest BCUT2D eigenvalue weighted by Gasteiger charge is 2.35. The molecule has 3 rings (SSSR count). The molecule has 1 unspecified atom stereocenters. The Morgan fingerprint density at radius 2 is 1.93 bits per heavy atom. The van der Waals surface area contributed by atoms with E-state index in [0.29, 0.717) is 17.9 Å². The van der Waals surface area contributed by atoms with E-state index in [0.717, 1.165) is 37.8 Å². The first kappa shape index (κ1) is 19.4. The predicted molar refractivity (Wildman–Crippen MR) is 90.7 cm³/mol. The predicted octanol–water partition coefficient (Wildman–Crippen LogP) is 4.31. The molecule has 0 saturated carbocycles. The van der Waals surface area contributed by atoms with Gasteiger partial charge in [0, 0.05) is 12.1 Å². The normalized spacial score (nSPS) is 16.5. The lowest BCUT2D eigenvalue weighted by molar-refractivity contribution is -0.140. The standard InChI is InChI=1S/C19H20F4N2O2/c1-12-4-7-17(27-12)16(25-8-2-3-9-25)11-24-18(26)13-5-6-15(20)14(10-13)19(21,22)23/h4-7,10,16H,2-3,8-9,11H2,1H3,(H,24,26). The number of furan rings is 1. The van der Waals surface area contributed by atoms with Crippen LogP contribution < -0.4 is 5.32 Å². The van der Waals surface area contributed by atoms with Gasteiger partial charge in [-0.2, -0.15) is 13.2 Å². The first-order chi connectivity index (χ1) is 12.8. The number of alkyl halides is 3. The summed E-state index contributed by atoms with van der Waals surface area (Å²) in [6, 6.07) is 5.70. The number of aryl methyl sites for hydroxylation is 1. The van der Waals surface area contributed by atoms with Crippen LogP contribution in [0, 0.1) is 12.7 Å². The lowest BCUT2D eigenvalue weighted by Crippen LogP contribution is -2.36. The van der Waals surface area contributed by atoms with Crippen molar-refractivity contribution in [2.24, 2.45) is 0 Å². The summed E-state index contributed by atoms with van der Waals surface area (Å²) < 4.78 is 57.6. The van der Waals surface area contributed by atoms with Crippen LogP contribution in [0.15, 0.2) is 34.7 Å². The van der Waals surface area contributed by atoms with Gasteiger partial charge in [-0.05, 0) is 63.2 Å². The molecule has 0 aliphatic carbocycles. The van der Waals surface area contributed by atoms with Crippen molar-refractivity contribution in [3.05, 3.63) is 58.8 Å². The number of carbonyl (C=O) groups is 1. The molecule has 4 nitrogen and oxygen atoms in total. The fourth-order valence-corrected chi connectivity index (χ4v) is 3.27. The van der Waals surface area contributed by atoms with Crippen molar-refractivity contribution in [3.63, 3.8) is 0 Å². The van der Waals surface area contributed by atoms with Crippen LogP contribution in [0.5, 0.6) is 0 Å². The number of benzene rings is 1. The summed E-state index contributed by atoms with van der Waals surface area (Å²) in [7, 11) is 0. The van der Waals surface area contributed by atoms with Gasteiger partial charge < -0.3 is 9.73 Å². The highest BCUT2D eigenvalue weighted by Crippen LogP contribution is 2.32. The van der Waals surface area contributed by atoms with E-state index in [1.807, 2.05) is 19.1 Å². The Bertz CT molecular complexity index is 810. The third-order valence-electron chi connectivity index (χ3n) is 4.66. The van der Waals surface area contributed by atoms with Gasteiger partial charge in [0.1, 0.15) is 17.3 Å². The van der Waals surface area contributed by atoms with Crippen LogP contribution in [-0.2, 0) is 6.18 Å². The monoisotopic (exact) mass is 384 g/mol. The Kier molecular flexibility index (Phi) is 5.55. The van der Waals surface area contributed by atoms with Gasteiger partial charge in [-0.1, -0.05) is 0 Å². The molecule has 1 amide bonds. The van der Waals surface area contributed by atoms with Crippen molar-refractivity contribution in [2.75, 3.05) is 19.6 Å². The third-order valence-corrected chi connectivity index (χ3v) is 4.66. The van der Waals surface area contributed by atoms with Crippen molar-refractivity contribution in [1.29, 1.82) is 0 Å². The van der Waals surface area contributed by atoms with Crippen LogP contribution in [0.3, 0.4) is 0 Å². The Labute approximate surface area is 154 Å². The van der Waals surface area contributed by atoms with Crippen LogP contribution in [0.25, 0.3) is 0 Å². The van der Waals surface area contributed by atoms with Gasteiger partial charge in [-0.3, -0.25) is 9.69 Å². The minimum Gasteiger partial charge on any atom is -0.465 e. The maximum Gasteiger partial charge on any atom is 0.419 e. The fourth-order valence-electron chi connectivity index (χ4n) is 3.27. The molecule has 1 aliphatic rings. The molecule has 8 heteroatoms. The van der Waals surface area contributed by atoms with Gasteiger partial charge >= 0.3 is 6.18 Å². The molecule has 146 valence electrons. The van der Waals surface area contributed by atoms with Gasteiger partial charge in [0.2, 0.25) is 0 Å². The summed E-state index contributed by atoms with van der Waals surface area (Å²) in [5.74, 6) is -0.647. The number of carbonyl (C=O) groups excluding carboxylic acids is 1. The molecule has 1 N–H and O–H groups in total. The number of nitrogens with zero attached hydrogens (tertiary/aromatic N) is 1. The summed E-state index contributed by atoms with van der Waals surface area (Å²) >= 11 is 0. The lowest BCUT2D eigenvalue weighted by atomic mass is 10.1. The maximum atomic E-state index is 13.4. The van der Waals surface area contributed by atoms with Gasteiger partial charge in [0.05, 0.1) is 11.6 Å². The largest absolute Gasteiger partial charge is 0.465 e. The Hall–Kier alpha value is -2.35. The van der Waals surface area contributed by atoms with Crippen molar-refractivity contribution in [1.82, 2.24) is 10.2 Å². The molecular weight excluding hydrogens is 364 g/mol. The van der Waals surface area contributed by atoms with Crippen LogP contribution in [-0.4, -0.2) is 30.4 Å². The first-order valence-electron chi connectivity index (χ1n) is 8.71. The van der Waals surface area contributed by atoms with Crippen molar-refractivity contribution in [3.8, 4) is 0 Å². The number of amides is 1. The van der Waals surface area contributed by atoms with E-state index in [9.17, 15) is 22.4 Å². The molecule has 1 atom stereocenters. The van der Waals surface area contributed by atoms with Crippen molar-refractivity contribution >= 4 is 5.91 Å². The van der Waals surface area contributed by atoms with Gasteiger partial charge in [0.15, 0.2) is 0 Å². The van der Waals surface area contributed by atoms with E-state index < -0.39 is 23.5 Å². The molecule has 1 aromatic carbocycles. The van der Waals surface area contributed by atoms with E-state index in [4.69, 9.17) is 4.42 Å². The molecule has 0 radical (unpaired) electrons. The van der Waals surface area contributed by atoms with E-state index >= 15 is 0 Å². The average Bonchev–Trinajstić information content (AvgIpc) is 3.26. The second-order valence-electron chi connectivity index (χ2n) is 6.61. The van der Waals surface area contributed by atoms with E-state index in [-0.39, 0.29) is 18.2 Å². The highest BCUT2D eigenvalue weighted by atomic mass is 19.4.